The first kappa shape index (κ1) is 12.5. The number of hydrogen-bond acceptors (Lipinski definition) is 6. The van der Waals surface area contributed by atoms with Crippen LogP contribution >= 0.6 is 0 Å². The van der Waals surface area contributed by atoms with Gasteiger partial charge in [0.2, 0.25) is 11.7 Å². The van der Waals surface area contributed by atoms with E-state index >= 15 is 0 Å². The maximum atomic E-state index is 5.64. The topological polar surface area (TPSA) is 87.1 Å². The van der Waals surface area contributed by atoms with E-state index in [2.05, 4.69) is 15.1 Å². The predicted molar refractivity (Wildman–Crippen MR) is 65.1 cm³/mol. The Morgan fingerprint density at radius 1 is 1.28 bits per heavy atom. The number of ether oxygens (including phenoxy) is 1. The van der Waals surface area contributed by atoms with Gasteiger partial charge in [0.1, 0.15) is 5.75 Å². The summed E-state index contributed by atoms with van der Waals surface area (Å²) in [5.41, 5.74) is 7.36. The van der Waals surface area contributed by atoms with Crippen molar-refractivity contribution in [2.45, 2.75) is 26.9 Å². The van der Waals surface area contributed by atoms with Crippen molar-refractivity contribution in [1.29, 1.82) is 0 Å². The summed E-state index contributed by atoms with van der Waals surface area (Å²) in [5.74, 6) is 1.76. The second-order valence-corrected chi connectivity index (χ2v) is 3.95. The summed E-state index contributed by atoms with van der Waals surface area (Å²) in [6.45, 7) is 4.48. The van der Waals surface area contributed by atoms with E-state index in [-0.39, 0.29) is 6.61 Å². The smallest absolute Gasteiger partial charge is 0.223 e. The van der Waals surface area contributed by atoms with Gasteiger partial charge in [-0.2, -0.15) is 4.98 Å². The summed E-state index contributed by atoms with van der Waals surface area (Å²) in [4.78, 5) is 8.48. The van der Waals surface area contributed by atoms with Gasteiger partial charge in [0.25, 0.3) is 0 Å². The van der Waals surface area contributed by atoms with Crippen molar-refractivity contribution < 1.29 is 9.26 Å². The first-order valence-electron chi connectivity index (χ1n) is 5.77. The molecule has 2 aromatic heterocycles. The third-order valence-electron chi connectivity index (χ3n) is 2.38. The standard InChI is InChI=1S/C12H16N4O2/c1-8-3-4-11(10(14-8)5-6-13)17-7-12-15-9(2)18-16-12/h3-4H,5-7,13H2,1-2H3. The maximum absolute atomic E-state index is 5.64. The Hall–Kier alpha value is -1.95. The molecule has 0 fully saturated rings. The molecule has 0 unspecified atom stereocenters. The lowest BCUT2D eigenvalue weighted by Crippen LogP contribution is -2.08. The molecule has 0 aromatic carbocycles. The minimum atomic E-state index is 0.264. The number of aromatic nitrogens is 3. The molecule has 0 aliphatic heterocycles. The Morgan fingerprint density at radius 3 is 2.78 bits per heavy atom. The van der Waals surface area contributed by atoms with E-state index in [1.807, 2.05) is 19.1 Å². The molecule has 6 heteroatoms. The zero-order chi connectivity index (χ0) is 13.0. The summed E-state index contributed by atoms with van der Waals surface area (Å²) in [6, 6.07) is 3.79. The fourth-order valence-corrected chi connectivity index (χ4v) is 1.59. The molecule has 0 saturated carbocycles. The Bertz CT molecular complexity index is 525. The normalized spacial score (nSPS) is 10.6. The Morgan fingerprint density at radius 2 is 2.11 bits per heavy atom. The summed E-state index contributed by atoms with van der Waals surface area (Å²) in [7, 11) is 0. The highest BCUT2D eigenvalue weighted by Gasteiger charge is 2.08. The molecule has 0 spiro atoms. The van der Waals surface area contributed by atoms with Gasteiger partial charge in [-0.05, 0) is 25.6 Å². The van der Waals surface area contributed by atoms with Gasteiger partial charge in [0.15, 0.2) is 6.61 Å². The number of pyridine rings is 1. The third kappa shape index (κ3) is 3.04. The van der Waals surface area contributed by atoms with Crippen molar-refractivity contribution in [3.63, 3.8) is 0 Å². The molecular formula is C12H16N4O2. The van der Waals surface area contributed by atoms with Crippen LogP contribution in [0, 0.1) is 13.8 Å². The van der Waals surface area contributed by atoms with Crippen molar-refractivity contribution in [2.24, 2.45) is 5.73 Å². The van der Waals surface area contributed by atoms with E-state index in [4.69, 9.17) is 15.0 Å². The van der Waals surface area contributed by atoms with Gasteiger partial charge >= 0.3 is 0 Å². The van der Waals surface area contributed by atoms with Gasteiger partial charge in [0.05, 0.1) is 5.69 Å². The molecule has 0 aliphatic carbocycles. The van der Waals surface area contributed by atoms with E-state index < -0.39 is 0 Å². The molecule has 18 heavy (non-hydrogen) atoms. The van der Waals surface area contributed by atoms with Crippen LogP contribution in [0.2, 0.25) is 0 Å². The predicted octanol–water partition coefficient (Wildman–Crippen LogP) is 1.16. The van der Waals surface area contributed by atoms with Gasteiger partial charge in [-0.25, -0.2) is 0 Å². The summed E-state index contributed by atoms with van der Waals surface area (Å²) < 4.78 is 10.5. The second-order valence-electron chi connectivity index (χ2n) is 3.95. The molecule has 0 bridgehead atoms. The molecular weight excluding hydrogens is 232 g/mol. The third-order valence-corrected chi connectivity index (χ3v) is 2.38. The highest BCUT2D eigenvalue weighted by Crippen LogP contribution is 2.18. The van der Waals surface area contributed by atoms with Gasteiger partial charge in [-0.3, -0.25) is 4.98 Å². The van der Waals surface area contributed by atoms with Gasteiger partial charge in [-0.15, -0.1) is 0 Å². The Balaban J connectivity index is 2.08. The van der Waals surface area contributed by atoms with Crippen LogP contribution in [0.1, 0.15) is 23.1 Å². The van der Waals surface area contributed by atoms with Crippen LogP contribution in [0.25, 0.3) is 0 Å². The molecule has 2 aromatic rings. The van der Waals surface area contributed by atoms with Crippen LogP contribution in [0.5, 0.6) is 5.75 Å². The monoisotopic (exact) mass is 248 g/mol. The van der Waals surface area contributed by atoms with E-state index in [9.17, 15) is 0 Å². The SMILES string of the molecule is Cc1ccc(OCc2noc(C)n2)c(CCN)n1. The van der Waals surface area contributed by atoms with Crippen LogP contribution in [0.3, 0.4) is 0 Å². The first-order chi connectivity index (χ1) is 8.69. The minimum Gasteiger partial charge on any atom is -0.484 e. The van der Waals surface area contributed by atoms with E-state index in [1.54, 1.807) is 6.92 Å². The molecule has 0 aliphatic rings. The van der Waals surface area contributed by atoms with Crippen LogP contribution in [-0.2, 0) is 13.0 Å². The lowest BCUT2D eigenvalue weighted by molar-refractivity contribution is 0.281. The van der Waals surface area contributed by atoms with Crippen LogP contribution < -0.4 is 10.5 Å². The molecule has 0 atom stereocenters. The highest BCUT2D eigenvalue weighted by molar-refractivity contribution is 5.29. The molecule has 0 saturated heterocycles. The van der Waals surface area contributed by atoms with Gasteiger partial charge in [0, 0.05) is 19.0 Å². The lowest BCUT2D eigenvalue weighted by Gasteiger charge is -2.09. The summed E-state index contributed by atoms with van der Waals surface area (Å²) >= 11 is 0. The number of nitrogens with two attached hydrogens (primary N) is 1. The average Bonchev–Trinajstić information content (AvgIpc) is 2.75. The molecule has 6 nitrogen and oxygen atoms in total. The zero-order valence-corrected chi connectivity index (χ0v) is 10.5. The van der Waals surface area contributed by atoms with Crippen molar-refractivity contribution >= 4 is 0 Å². The lowest BCUT2D eigenvalue weighted by atomic mass is 10.2. The van der Waals surface area contributed by atoms with Gasteiger partial charge < -0.3 is 15.0 Å². The number of hydrogen-bond donors (Lipinski definition) is 1. The molecule has 0 radical (unpaired) electrons. The summed E-state index contributed by atoms with van der Waals surface area (Å²) in [5, 5.41) is 3.77. The van der Waals surface area contributed by atoms with Crippen molar-refractivity contribution in [3.8, 4) is 5.75 Å². The first-order valence-corrected chi connectivity index (χ1v) is 5.77. The number of aryl methyl sites for hydroxylation is 2. The zero-order valence-electron chi connectivity index (χ0n) is 10.5. The van der Waals surface area contributed by atoms with E-state index in [0.717, 1.165) is 11.4 Å². The van der Waals surface area contributed by atoms with Crippen molar-refractivity contribution in [3.05, 3.63) is 35.2 Å². The molecule has 2 heterocycles. The molecule has 2 N–H and O–H groups in total. The fourth-order valence-electron chi connectivity index (χ4n) is 1.59. The van der Waals surface area contributed by atoms with Crippen LogP contribution in [-0.4, -0.2) is 21.7 Å². The fraction of sp³-hybridized carbons (Fsp3) is 0.417. The number of nitrogens with zero attached hydrogens (tertiary/aromatic N) is 3. The minimum absolute atomic E-state index is 0.264. The van der Waals surface area contributed by atoms with Crippen LogP contribution in [0.4, 0.5) is 0 Å². The Labute approximate surface area is 105 Å². The quantitative estimate of drug-likeness (QED) is 0.854. The Kier molecular flexibility index (Phi) is 3.88. The highest BCUT2D eigenvalue weighted by atomic mass is 16.5. The molecule has 96 valence electrons. The molecule has 0 amide bonds. The molecule has 2 rings (SSSR count). The summed E-state index contributed by atoms with van der Waals surface area (Å²) in [6.07, 6.45) is 0.683. The number of rotatable bonds is 5. The van der Waals surface area contributed by atoms with E-state index in [0.29, 0.717) is 30.4 Å². The maximum Gasteiger partial charge on any atom is 0.223 e. The van der Waals surface area contributed by atoms with Crippen molar-refractivity contribution in [1.82, 2.24) is 15.1 Å². The van der Waals surface area contributed by atoms with E-state index in [1.165, 1.54) is 0 Å². The average molecular weight is 248 g/mol. The second kappa shape index (κ2) is 5.59. The largest absolute Gasteiger partial charge is 0.484 e. The van der Waals surface area contributed by atoms with Gasteiger partial charge in [-0.1, -0.05) is 5.16 Å². The van der Waals surface area contributed by atoms with Crippen LogP contribution in [0.15, 0.2) is 16.7 Å². The van der Waals surface area contributed by atoms with Crippen molar-refractivity contribution in [2.75, 3.05) is 6.54 Å².